The van der Waals surface area contributed by atoms with Crippen molar-refractivity contribution in [1.82, 2.24) is 4.98 Å². The summed E-state index contributed by atoms with van der Waals surface area (Å²) < 4.78 is 6.20. The van der Waals surface area contributed by atoms with Gasteiger partial charge in [-0.15, -0.1) is 0 Å². The number of carboxylic acid groups (broad SMARTS) is 1. The van der Waals surface area contributed by atoms with Crippen LogP contribution in [-0.4, -0.2) is 46.9 Å². The molecule has 0 radical (unpaired) electrons. The maximum Gasteiger partial charge on any atom is 0.306 e. The van der Waals surface area contributed by atoms with Gasteiger partial charge in [0.05, 0.1) is 28.2 Å². The molecule has 5 N–H and O–H groups in total. The van der Waals surface area contributed by atoms with Gasteiger partial charge in [0, 0.05) is 41.4 Å². The molecule has 8 nitrogen and oxygen atoms in total. The highest BCUT2D eigenvalue weighted by Gasteiger charge is 2.39. The molecule has 1 fully saturated rings. The Bertz CT molecular complexity index is 1170. The molecule has 1 unspecified atom stereocenters. The van der Waals surface area contributed by atoms with Crippen LogP contribution in [0, 0.1) is 12.8 Å². The van der Waals surface area contributed by atoms with E-state index in [1.807, 2.05) is 25.1 Å². The monoisotopic (exact) mass is 468 g/mol. The fourth-order valence-electron chi connectivity index (χ4n) is 5.00. The van der Waals surface area contributed by atoms with Crippen molar-refractivity contribution < 1.29 is 19.4 Å². The summed E-state index contributed by atoms with van der Waals surface area (Å²) in [5.41, 5.74) is 16.4. The molecule has 1 amide bonds. The van der Waals surface area contributed by atoms with Crippen LogP contribution < -0.4 is 21.1 Å². The van der Waals surface area contributed by atoms with Gasteiger partial charge in [0.25, 0.3) is 5.91 Å². The highest BCUT2D eigenvalue weighted by molar-refractivity contribution is 8.22. The van der Waals surface area contributed by atoms with Crippen molar-refractivity contribution in [3.05, 3.63) is 52.1 Å². The molecule has 5 rings (SSSR count). The van der Waals surface area contributed by atoms with Gasteiger partial charge in [-0.2, -0.15) is 10.9 Å². The second-order valence-electron chi connectivity index (χ2n) is 8.88. The lowest BCUT2D eigenvalue weighted by atomic mass is 9.96. The van der Waals surface area contributed by atoms with Crippen LogP contribution in [0.15, 0.2) is 40.3 Å². The lowest BCUT2D eigenvalue weighted by molar-refractivity contribution is -0.142. The van der Waals surface area contributed by atoms with Gasteiger partial charge in [0.2, 0.25) is 0 Å². The highest BCUT2D eigenvalue weighted by atomic mass is 32.2. The Morgan fingerprint density at radius 3 is 2.67 bits per heavy atom. The van der Waals surface area contributed by atoms with Crippen LogP contribution in [0.4, 0.5) is 5.69 Å². The van der Waals surface area contributed by atoms with E-state index in [2.05, 4.69) is 17.0 Å². The van der Waals surface area contributed by atoms with Crippen LogP contribution in [0.3, 0.4) is 0 Å². The van der Waals surface area contributed by atoms with E-state index in [0.29, 0.717) is 30.1 Å². The summed E-state index contributed by atoms with van der Waals surface area (Å²) in [6.45, 7) is 3.83. The molecule has 33 heavy (non-hydrogen) atoms. The third kappa shape index (κ3) is 3.80. The average molecular weight is 469 g/mol. The molecule has 2 aromatic rings. The summed E-state index contributed by atoms with van der Waals surface area (Å²) in [5.74, 6) is -0.613. The molecule has 1 aromatic carbocycles. The van der Waals surface area contributed by atoms with Gasteiger partial charge in [-0.25, -0.2) is 4.98 Å². The van der Waals surface area contributed by atoms with Crippen molar-refractivity contribution >= 4 is 34.2 Å². The molecule has 0 saturated carbocycles. The molecule has 1 saturated heterocycles. The summed E-state index contributed by atoms with van der Waals surface area (Å²) in [6, 6.07) is 10.0. The Hall–Kier alpha value is -3.20. The number of aliphatic carboxylic acids is 1. The normalized spacial score (nSPS) is 23.6. The second kappa shape index (κ2) is 8.30. The SMILES string of the molecule is Cc1ccc2c(n1)[SH]([C@H]1COc3cc(N4CCC(C(=O)O)CC4)ccc3C1)C(C(N)=O)=C2N. The topological polar surface area (TPSA) is 132 Å². The number of aromatic nitrogens is 1. The van der Waals surface area contributed by atoms with Crippen LogP contribution in [0.25, 0.3) is 5.70 Å². The van der Waals surface area contributed by atoms with E-state index in [1.54, 1.807) is 0 Å². The van der Waals surface area contributed by atoms with E-state index in [9.17, 15) is 14.7 Å². The third-order valence-corrected chi connectivity index (χ3v) is 9.58. The van der Waals surface area contributed by atoms with Crippen molar-refractivity contribution in [3.63, 3.8) is 0 Å². The minimum absolute atomic E-state index is 0.0567. The number of benzene rings is 1. The number of ether oxygens (including phenoxy) is 1. The molecular formula is C24H28N4O4S. The number of carboxylic acids is 1. The van der Waals surface area contributed by atoms with Gasteiger partial charge in [0.1, 0.15) is 5.75 Å². The van der Waals surface area contributed by atoms with Crippen molar-refractivity contribution in [2.45, 2.75) is 36.5 Å². The molecule has 3 aliphatic heterocycles. The fraction of sp³-hybridized carbons (Fsp3) is 0.375. The van der Waals surface area contributed by atoms with Gasteiger partial charge in [-0.05, 0) is 49.9 Å². The van der Waals surface area contributed by atoms with Gasteiger partial charge in [-0.1, -0.05) is 6.07 Å². The number of anilines is 1. The van der Waals surface area contributed by atoms with Crippen molar-refractivity contribution in [1.29, 1.82) is 0 Å². The molecule has 2 atom stereocenters. The largest absolute Gasteiger partial charge is 0.492 e. The third-order valence-electron chi connectivity index (χ3n) is 6.77. The van der Waals surface area contributed by atoms with Crippen molar-refractivity contribution in [3.8, 4) is 5.75 Å². The first-order chi connectivity index (χ1) is 15.8. The predicted octanol–water partition coefficient (Wildman–Crippen LogP) is 2.18. The summed E-state index contributed by atoms with van der Waals surface area (Å²) >= 11 is 0. The second-order valence-corrected chi connectivity index (χ2v) is 11.2. The Kier molecular flexibility index (Phi) is 5.44. The number of fused-ring (bicyclic) bond motifs is 2. The number of amides is 1. The minimum atomic E-state index is -1.12. The number of carbonyl (C=O) groups excluding carboxylic acids is 1. The number of hydrogen-bond acceptors (Lipinski definition) is 6. The predicted molar refractivity (Wildman–Crippen MR) is 129 cm³/mol. The van der Waals surface area contributed by atoms with Crippen LogP contribution in [0.5, 0.6) is 5.75 Å². The fourth-order valence-corrected chi connectivity index (χ4v) is 7.86. The zero-order valence-electron chi connectivity index (χ0n) is 18.5. The molecule has 0 bridgehead atoms. The summed E-state index contributed by atoms with van der Waals surface area (Å²) in [4.78, 5) is 31.0. The van der Waals surface area contributed by atoms with E-state index < -0.39 is 22.8 Å². The lowest BCUT2D eigenvalue weighted by Crippen LogP contribution is -2.36. The quantitative estimate of drug-likeness (QED) is 0.506. The number of hydrogen-bond donors (Lipinski definition) is 4. The van der Waals surface area contributed by atoms with Gasteiger partial charge in [0.15, 0.2) is 0 Å². The smallest absolute Gasteiger partial charge is 0.306 e. The Balaban J connectivity index is 1.38. The average Bonchev–Trinajstić information content (AvgIpc) is 3.10. The number of nitrogens with zero attached hydrogens (tertiary/aromatic N) is 2. The zero-order valence-corrected chi connectivity index (χ0v) is 19.3. The first-order valence-corrected chi connectivity index (χ1v) is 12.5. The van der Waals surface area contributed by atoms with E-state index in [4.69, 9.17) is 21.2 Å². The van der Waals surface area contributed by atoms with E-state index >= 15 is 0 Å². The molecular weight excluding hydrogens is 440 g/mol. The van der Waals surface area contributed by atoms with Crippen LogP contribution >= 0.6 is 10.9 Å². The zero-order chi connectivity index (χ0) is 23.3. The number of aryl methyl sites for hydroxylation is 1. The number of thiol groups is 1. The standard InChI is InChI=1S/C24H28N4O4S/c1-13-2-5-18-20(25)21(22(26)29)33(23(18)27-13)17-10-15-3-4-16(11-19(15)32-12-17)28-8-6-14(7-9-28)24(30)31/h2-5,11,14,17,33H,6-10,12,25H2,1H3,(H2,26,29)(H,30,31)/t17-/m1/s1. The van der Waals surface area contributed by atoms with Crippen LogP contribution in [0.2, 0.25) is 0 Å². The van der Waals surface area contributed by atoms with E-state index in [-0.39, 0.29) is 11.2 Å². The van der Waals surface area contributed by atoms with Crippen molar-refractivity contribution in [2.75, 3.05) is 24.6 Å². The summed E-state index contributed by atoms with van der Waals surface area (Å²) in [7, 11) is -1.12. The number of rotatable bonds is 4. The van der Waals surface area contributed by atoms with Gasteiger partial charge in [-0.3, -0.25) is 9.59 Å². The summed E-state index contributed by atoms with van der Waals surface area (Å²) in [5, 5.41) is 10.2. The summed E-state index contributed by atoms with van der Waals surface area (Å²) in [6.07, 6.45) is 2.05. The van der Waals surface area contributed by atoms with Crippen LogP contribution in [-0.2, 0) is 16.0 Å². The molecule has 0 aliphatic carbocycles. The number of primary amides is 1. The maximum atomic E-state index is 12.3. The Morgan fingerprint density at radius 1 is 1.21 bits per heavy atom. The molecule has 9 heteroatoms. The first-order valence-electron chi connectivity index (χ1n) is 11.1. The number of nitrogens with two attached hydrogens (primary N) is 2. The highest BCUT2D eigenvalue weighted by Crippen LogP contribution is 2.57. The van der Waals surface area contributed by atoms with Gasteiger partial charge >= 0.3 is 5.97 Å². The Labute approximate surface area is 195 Å². The molecule has 4 heterocycles. The maximum absolute atomic E-state index is 12.3. The molecule has 0 spiro atoms. The lowest BCUT2D eigenvalue weighted by Gasteiger charge is -2.35. The van der Waals surface area contributed by atoms with Gasteiger partial charge < -0.3 is 26.2 Å². The van der Waals surface area contributed by atoms with E-state index in [1.165, 1.54) is 0 Å². The Morgan fingerprint density at radius 2 is 1.97 bits per heavy atom. The number of carbonyl (C=O) groups is 2. The number of piperidine rings is 1. The molecule has 1 aromatic heterocycles. The molecule has 3 aliphatic rings. The first kappa shape index (κ1) is 21.6. The van der Waals surface area contributed by atoms with E-state index in [0.717, 1.165) is 52.8 Å². The van der Waals surface area contributed by atoms with Crippen LogP contribution in [0.1, 0.15) is 29.7 Å². The molecule has 174 valence electrons. The minimum Gasteiger partial charge on any atom is -0.492 e. The van der Waals surface area contributed by atoms with Crippen molar-refractivity contribution in [2.24, 2.45) is 17.4 Å². The number of pyridine rings is 1.